The van der Waals surface area contributed by atoms with Gasteiger partial charge in [0.25, 0.3) is 0 Å². The normalized spacial score (nSPS) is 11.6. The molecule has 0 atom stereocenters. The molecule has 0 bridgehead atoms. The molecule has 0 amide bonds. The van der Waals surface area contributed by atoms with Gasteiger partial charge >= 0.3 is 0 Å². The molecule has 0 aromatic carbocycles. The zero-order valence-corrected chi connectivity index (χ0v) is 12.8. The van der Waals surface area contributed by atoms with Gasteiger partial charge in [0, 0.05) is 32.7 Å². The van der Waals surface area contributed by atoms with Crippen molar-refractivity contribution in [2.45, 2.75) is 32.6 Å². The number of nitrogens with one attached hydrogen (secondary N) is 1. The van der Waals surface area contributed by atoms with Gasteiger partial charge in [-0.15, -0.1) is 0 Å². The Labute approximate surface area is 117 Å². The highest BCUT2D eigenvalue weighted by Gasteiger charge is 2.00. The van der Waals surface area contributed by atoms with E-state index in [1.807, 2.05) is 4.31 Å². The minimum absolute atomic E-state index is 0.968. The van der Waals surface area contributed by atoms with Crippen LogP contribution in [0, 0.1) is 0 Å². The number of hydrogen-bond acceptors (Lipinski definition) is 6. The first-order valence-corrected chi connectivity index (χ1v) is 7.20. The second kappa shape index (κ2) is 12.4. The highest BCUT2D eigenvalue weighted by Crippen LogP contribution is 2.03. The molecular weight excluding hydrogens is 258 g/mol. The molecule has 0 aliphatic carbocycles. The van der Waals surface area contributed by atoms with Crippen LogP contribution in [0.5, 0.6) is 0 Å². The SMILES string of the molecule is CCN(S)CCCCN(S)CCCCNS. The van der Waals surface area contributed by atoms with Crippen LogP contribution in [0.25, 0.3) is 0 Å². The molecule has 0 fully saturated rings. The zero-order chi connectivity index (χ0) is 12.2. The quantitative estimate of drug-likeness (QED) is 0.345. The number of rotatable bonds is 11. The Morgan fingerprint density at radius 2 is 1.38 bits per heavy atom. The maximum atomic E-state index is 4.44. The van der Waals surface area contributed by atoms with Crippen LogP contribution >= 0.6 is 38.4 Å². The standard InChI is InChI=1S/C10H25N3S3/c1-2-12(15)8-5-6-10-13(16)9-4-3-7-11-14/h11,14-16H,2-10H2,1H3. The molecule has 6 heteroatoms. The minimum atomic E-state index is 0.968. The summed E-state index contributed by atoms with van der Waals surface area (Å²) in [4.78, 5) is 0. The van der Waals surface area contributed by atoms with E-state index in [-0.39, 0.29) is 0 Å². The van der Waals surface area contributed by atoms with Gasteiger partial charge in [-0.05, 0) is 25.7 Å². The topological polar surface area (TPSA) is 18.5 Å². The molecule has 0 saturated heterocycles. The Morgan fingerprint density at radius 3 is 1.88 bits per heavy atom. The van der Waals surface area contributed by atoms with Gasteiger partial charge in [0.2, 0.25) is 0 Å². The second-order valence-electron chi connectivity index (χ2n) is 3.82. The van der Waals surface area contributed by atoms with Gasteiger partial charge in [-0.3, -0.25) is 13.3 Å². The summed E-state index contributed by atoms with van der Waals surface area (Å²) in [6.45, 7) is 7.26. The van der Waals surface area contributed by atoms with Gasteiger partial charge in [-0.1, -0.05) is 45.4 Å². The Bertz CT molecular complexity index is 149. The molecule has 0 unspecified atom stereocenters. The average Bonchev–Trinajstić information content (AvgIpc) is 2.30. The van der Waals surface area contributed by atoms with Crippen molar-refractivity contribution in [3.8, 4) is 0 Å². The van der Waals surface area contributed by atoms with Crippen molar-refractivity contribution in [2.75, 3.05) is 32.7 Å². The lowest BCUT2D eigenvalue weighted by Gasteiger charge is -2.16. The number of unbranched alkanes of at least 4 members (excludes halogenated alkanes) is 2. The van der Waals surface area contributed by atoms with Crippen LogP contribution in [0.2, 0.25) is 0 Å². The van der Waals surface area contributed by atoms with Crippen LogP contribution < -0.4 is 4.72 Å². The summed E-state index contributed by atoms with van der Waals surface area (Å²) in [5, 5.41) is 0. The Kier molecular flexibility index (Phi) is 13.1. The molecule has 0 heterocycles. The van der Waals surface area contributed by atoms with E-state index in [1.165, 1.54) is 19.3 Å². The highest BCUT2D eigenvalue weighted by molar-refractivity contribution is 7.78. The maximum Gasteiger partial charge on any atom is 0.00874 e. The smallest absolute Gasteiger partial charge is 0.00874 e. The van der Waals surface area contributed by atoms with E-state index in [9.17, 15) is 0 Å². The summed E-state index contributed by atoms with van der Waals surface area (Å²) < 4.78 is 7.00. The highest BCUT2D eigenvalue weighted by atomic mass is 32.1. The number of hydrogen-bond donors (Lipinski definition) is 4. The largest absolute Gasteiger partial charge is 0.267 e. The first-order valence-electron chi connectivity index (χ1n) is 5.95. The summed E-state index contributed by atoms with van der Waals surface area (Å²) >= 11 is 12.7. The fraction of sp³-hybridized carbons (Fsp3) is 1.00. The van der Waals surface area contributed by atoms with Crippen molar-refractivity contribution >= 4 is 38.4 Å². The minimum Gasteiger partial charge on any atom is -0.267 e. The summed E-state index contributed by atoms with van der Waals surface area (Å²) in [5.41, 5.74) is 0. The second-order valence-corrected chi connectivity index (χ2v) is 5.27. The molecule has 0 radical (unpaired) electrons. The van der Waals surface area contributed by atoms with Crippen molar-refractivity contribution in [3.63, 3.8) is 0 Å². The van der Waals surface area contributed by atoms with Crippen molar-refractivity contribution in [3.05, 3.63) is 0 Å². The van der Waals surface area contributed by atoms with Gasteiger partial charge in [-0.25, -0.2) is 0 Å². The first kappa shape index (κ1) is 16.9. The summed E-state index contributed by atoms with van der Waals surface area (Å²) in [5.74, 6) is 0. The van der Waals surface area contributed by atoms with E-state index in [2.05, 4.69) is 54.4 Å². The van der Waals surface area contributed by atoms with Crippen molar-refractivity contribution in [2.24, 2.45) is 0 Å². The predicted molar refractivity (Wildman–Crippen MR) is 82.2 cm³/mol. The Balaban J connectivity index is 3.20. The monoisotopic (exact) mass is 283 g/mol. The first-order chi connectivity index (χ1) is 7.70. The van der Waals surface area contributed by atoms with Gasteiger partial charge in [0.15, 0.2) is 0 Å². The third-order valence-corrected chi connectivity index (χ3v) is 3.51. The van der Waals surface area contributed by atoms with Gasteiger partial charge in [-0.2, -0.15) is 0 Å². The van der Waals surface area contributed by atoms with Gasteiger partial charge < -0.3 is 0 Å². The molecule has 16 heavy (non-hydrogen) atoms. The lowest BCUT2D eigenvalue weighted by atomic mass is 10.3. The maximum absolute atomic E-state index is 4.44. The van der Waals surface area contributed by atoms with Crippen molar-refractivity contribution < 1.29 is 0 Å². The molecule has 0 saturated carbocycles. The van der Waals surface area contributed by atoms with Crippen LogP contribution in [-0.4, -0.2) is 41.3 Å². The molecule has 0 spiro atoms. The molecule has 0 aromatic heterocycles. The summed E-state index contributed by atoms with van der Waals surface area (Å²) in [7, 11) is 0. The van der Waals surface area contributed by atoms with Crippen LogP contribution in [0.1, 0.15) is 32.6 Å². The lowest BCUT2D eigenvalue weighted by Crippen LogP contribution is -2.18. The van der Waals surface area contributed by atoms with Crippen LogP contribution in [-0.2, 0) is 0 Å². The number of thiol groups is 3. The van der Waals surface area contributed by atoms with E-state index in [1.54, 1.807) is 0 Å². The third kappa shape index (κ3) is 11.4. The van der Waals surface area contributed by atoms with Gasteiger partial charge in [0.05, 0.1) is 0 Å². The van der Waals surface area contributed by atoms with Crippen molar-refractivity contribution in [1.29, 1.82) is 0 Å². The Hall–Kier alpha value is 0.930. The predicted octanol–water partition coefficient (Wildman–Crippen LogP) is 2.29. The molecule has 0 aromatic rings. The van der Waals surface area contributed by atoms with E-state index >= 15 is 0 Å². The molecule has 0 rings (SSSR count). The summed E-state index contributed by atoms with van der Waals surface area (Å²) in [6, 6.07) is 0. The van der Waals surface area contributed by atoms with E-state index < -0.39 is 0 Å². The van der Waals surface area contributed by atoms with E-state index in [4.69, 9.17) is 0 Å². The zero-order valence-electron chi connectivity index (χ0n) is 10.1. The fourth-order valence-electron chi connectivity index (χ4n) is 1.36. The molecule has 98 valence electrons. The third-order valence-electron chi connectivity index (χ3n) is 2.40. The fourth-order valence-corrected chi connectivity index (χ4v) is 1.94. The Morgan fingerprint density at radius 1 is 0.875 bits per heavy atom. The molecule has 0 aliphatic heterocycles. The molecule has 3 nitrogen and oxygen atoms in total. The van der Waals surface area contributed by atoms with E-state index in [0.29, 0.717) is 0 Å². The molecule has 1 N–H and O–H groups in total. The lowest BCUT2D eigenvalue weighted by molar-refractivity contribution is 0.416. The molecule has 0 aliphatic rings. The van der Waals surface area contributed by atoms with Crippen LogP contribution in [0.15, 0.2) is 0 Å². The number of nitrogens with zero attached hydrogens (tertiary/aromatic N) is 2. The molecular formula is C10H25N3S3. The summed E-state index contributed by atoms with van der Waals surface area (Å²) in [6.07, 6.45) is 4.70. The van der Waals surface area contributed by atoms with Crippen molar-refractivity contribution in [1.82, 2.24) is 13.3 Å². The van der Waals surface area contributed by atoms with Crippen LogP contribution in [0.3, 0.4) is 0 Å². The van der Waals surface area contributed by atoms with Gasteiger partial charge in [0.1, 0.15) is 0 Å². The van der Waals surface area contributed by atoms with Crippen LogP contribution in [0.4, 0.5) is 0 Å². The average molecular weight is 284 g/mol. The van der Waals surface area contributed by atoms with E-state index in [0.717, 1.165) is 39.1 Å².